The van der Waals surface area contributed by atoms with Gasteiger partial charge in [-0.2, -0.15) is 0 Å². The van der Waals surface area contributed by atoms with Gasteiger partial charge in [0, 0.05) is 19.1 Å². The summed E-state index contributed by atoms with van der Waals surface area (Å²) in [6.45, 7) is 7.83. The minimum Gasteiger partial charge on any atom is -0.316 e. The van der Waals surface area contributed by atoms with Crippen LogP contribution in [0.5, 0.6) is 0 Å². The van der Waals surface area contributed by atoms with E-state index in [0.29, 0.717) is 0 Å². The molecule has 0 radical (unpaired) electrons. The van der Waals surface area contributed by atoms with Gasteiger partial charge in [-0.25, -0.2) is 0 Å². The lowest BCUT2D eigenvalue weighted by Crippen LogP contribution is -2.49. The van der Waals surface area contributed by atoms with Gasteiger partial charge in [0.2, 0.25) is 0 Å². The van der Waals surface area contributed by atoms with Gasteiger partial charge in [0.1, 0.15) is 0 Å². The molecule has 3 atom stereocenters. The Balaban J connectivity index is 1.56. The van der Waals surface area contributed by atoms with Gasteiger partial charge in [-0.15, -0.1) is 0 Å². The van der Waals surface area contributed by atoms with Gasteiger partial charge in [0.15, 0.2) is 0 Å². The lowest BCUT2D eigenvalue weighted by atomic mass is 9.92. The lowest BCUT2D eigenvalue weighted by molar-refractivity contribution is 0.106. The van der Waals surface area contributed by atoms with E-state index in [1.54, 1.807) is 0 Å². The highest BCUT2D eigenvalue weighted by Crippen LogP contribution is 2.32. The average Bonchev–Trinajstić information content (AvgIpc) is 2.73. The fraction of sp³-hybridized carbons (Fsp3) is 1.00. The summed E-state index contributed by atoms with van der Waals surface area (Å²) >= 11 is 0. The first-order chi connectivity index (χ1) is 8.33. The Morgan fingerprint density at radius 1 is 1.18 bits per heavy atom. The third kappa shape index (κ3) is 2.67. The minimum atomic E-state index is 0.871. The number of likely N-dealkylation sites (N-methyl/N-ethyl adjacent to an activating group) is 1. The molecular formula is C14H27N3. The van der Waals surface area contributed by atoms with Gasteiger partial charge in [0.25, 0.3) is 0 Å². The summed E-state index contributed by atoms with van der Waals surface area (Å²) in [5.41, 5.74) is 0. The molecule has 1 N–H and O–H groups in total. The maximum atomic E-state index is 3.55. The van der Waals surface area contributed by atoms with Crippen molar-refractivity contribution in [3.63, 3.8) is 0 Å². The largest absolute Gasteiger partial charge is 0.316 e. The summed E-state index contributed by atoms with van der Waals surface area (Å²) in [7, 11) is 2.29. The molecule has 3 unspecified atom stereocenters. The number of hydrogen-bond acceptors (Lipinski definition) is 3. The molecule has 3 aliphatic rings. The van der Waals surface area contributed by atoms with E-state index in [4.69, 9.17) is 0 Å². The summed E-state index contributed by atoms with van der Waals surface area (Å²) in [5.74, 6) is 1.91. The van der Waals surface area contributed by atoms with E-state index in [0.717, 1.165) is 17.9 Å². The van der Waals surface area contributed by atoms with Crippen molar-refractivity contribution in [3.8, 4) is 0 Å². The molecule has 0 aromatic carbocycles. The molecule has 3 heteroatoms. The second kappa shape index (κ2) is 5.25. The summed E-state index contributed by atoms with van der Waals surface area (Å²) in [4.78, 5) is 5.33. The maximum Gasteiger partial charge on any atom is 0.0252 e. The van der Waals surface area contributed by atoms with Crippen LogP contribution in [0.4, 0.5) is 0 Å². The first-order valence-electron chi connectivity index (χ1n) is 7.46. The van der Waals surface area contributed by atoms with Crippen molar-refractivity contribution in [2.75, 3.05) is 46.3 Å². The molecular weight excluding hydrogens is 210 g/mol. The summed E-state index contributed by atoms with van der Waals surface area (Å²) in [6.07, 6.45) is 5.71. The van der Waals surface area contributed by atoms with Gasteiger partial charge in [-0.3, -0.25) is 4.90 Å². The summed E-state index contributed by atoms with van der Waals surface area (Å²) < 4.78 is 0. The zero-order valence-electron chi connectivity index (χ0n) is 11.2. The Hall–Kier alpha value is -0.120. The van der Waals surface area contributed by atoms with E-state index in [1.165, 1.54) is 65.0 Å². The molecule has 3 nitrogen and oxygen atoms in total. The molecule has 3 rings (SSSR count). The third-order valence-electron chi connectivity index (χ3n) is 5.07. The van der Waals surface area contributed by atoms with Crippen molar-refractivity contribution in [2.45, 2.75) is 31.7 Å². The van der Waals surface area contributed by atoms with Crippen LogP contribution in [0.2, 0.25) is 0 Å². The Kier molecular flexibility index (Phi) is 3.69. The fourth-order valence-electron chi connectivity index (χ4n) is 4.02. The first kappa shape index (κ1) is 11.9. The molecule has 3 saturated heterocycles. The van der Waals surface area contributed by atoms with E-state index in [1.807, 2.05) is 0 Å². The highest BCUT2D eigenvalue weighted by atomic mass is 15.2. The Labute approximate surface area is 106 Å². The van der Waals surface area contributed by atoms with Crippen molar-refractivity contribution in [1.29, 1.82) is 0 Å². The van der Waals surface area contributed by atoms with Crippen LogP contribution >= 0.6 is 0 Å². The Bertz CT molecular complexity index is 250. The van der Waals surface area contributed by atoms with Gasteiger partial charge in [-0.05, 0) is 70.7 Å². The number of nitrogens with one attached hydrogen (secondary N) is 1. The second-order valence-electron chi connectivity index (χ2n) is 6.37. The van der Waals surface area contributed by atoms with Crippen LogP contribution in [0.1, 0.15) is 25.7 Å². The van der Waals surface area contributed by atoms with E-state index in [9.17, 15) is 0 Å². The molecule has 0 aromatic rings. The van der Waals surface area contributed by atoms with E-state index < -0.39 is 0 Å². The molecule has 0 bridgehead atoms. The van der Waals surface area contributed by atoms with E-state index in [-0.39, 0.29) is 0 Å². The van der Waals surface area contributed by atoms with Gasteiger partial charge < -0.3 is 10.2 Å². The number of piperidine rings is 2. The molecule has 3 heterocycles. The molecule has 3 aliphatic heterocycles. The summed E-state index contributed by atoms with van der Waals surface area (Å²) in [6, 6.07) is 0.871. The van der Waals surface area contributed by atoms with Crippen molar-refractivity contribution >= 4 is 0 Å². The molecule has 0 aromatic heterocycles. The zero-order chi connectivity index (χ0) is 11.7. The molecule has 0 aliphatic carbocycles. The van der Waals surface area contributed by atoms with Gasteiger partial charge in [-0.1, -0.05) is 0 Å². The topological polar surface area (TPSA) is 18.5 Å². The Morgan fingerprint density at radius 3 is 2.88 bits per heavy atom. The quantitative estimate of drug-likeness (QED) is 0.773. The predicted octanol–water partition coefficient (Wildman–Crippen LogP) is 1.01. The highest BCUT2D eigenvalue weighted by molar-refractivity contribution is 4.93. The van der Waals surface area contributed by atoms with E-state index >= 15 is 0 Å². The average molecular weight is 237 g/mol. The van der Waals surface area contributed by atoms with Crippen LogP contribution in [0.15, 0.2) is 0 Å². The molecule has 0 amide bonds. The van der Waals surface area contributed by atoms with Crippen LogP contribution in [0.3, 0.4) is 0 Å². The first-order valence-corrected chi connectivity index (χ1v) is 7.46. The number of hydrogen-bond donors (Lipinski definition) is 1. The van der Waals surface area contributed by atoms with Gasteiger partial charge >= 0.3 is 0 Å². The predicted molar refractivity (Wildman–Crippen MR) is 71.2 cm³/mol. The van der Waals surface area contributed by atoms with Crippen molar-refractivity contribution in [2.24, 2.45) is 11.8 Å². The molecule has 0 saturated carbocycles. The number of rotatable bonds is 2. The van der Waals surface area contributed by atoms with Crippen molar-refractivity contribution < 1.29 is 0 Å². The van der Waals surface area contributed by atoms with Crippen molar-refractivity contribution in [1.82, 2.24) is 15.1 Å². The minimum absolute atomic E-state index is 0.871. The lowest BCUT2D eigenvalue weighted by Gasteiger charge is -2.38. The zero-order valence-corrected chi connectivity index (χ0v) is 11.2. The maximum absolute atomic E-state index is 3.55. The molecule has 3 fully saturated rings. The number of fused-ring (bicyclic) bond motifs is 1. The molecule has 0 spiro atoms. The molecule has 98 valence electrons. The van der Waals surface area contributed by atoms with Crippen LogP contribution in [-0.2, 0) is 0 Å². The third-order valence-corrected chi connectivity index (χ3v) is 5.07. The van der Waals surface area contributed by atoms with Crippen LogP contribution in [-0.4, -0.2) is 62.2 Å². The highest BCUT2D eigenvalue weighted by Gasteiger charge is 2.37. The standard InChI is InChI=1S/C14H27N3/c1-16-7-4-13-5-8-17(14(13)11-16)10-12-3-2-6-15-9-12/h12-15H,2-11H2,1H3. The number of likely N-dealkylation sites (tertiary alicyclic amines) is 2. The smallest absolute Gasteiger partial charge is 0.0252 e. The summed E-state index contributed by atoms with van der Waals surface area (Å²) in [5, 5.41) is 3.55. The normalized spacial score (nSPS) is 40.4. The second-order valence-corrected chi connectivity index (χ2v) is 6.37. The molecule has 17 heavy (non-hydrogen) atoms. The SMILES string of the molecule is CN1CCC2CCN(CC3CCCNC3)C2C1. The van der Waals surface area contributed by atoms with Gasteiger partial charge in [0.05, 0.1) is 0 Å². The Morgan fingerprint density at radius 2 is 2.06 bits per heavy atom. The monoisotopic (exact) mass is 237 g/mol. The van der Waals surface area contributed by atoms with E-state index in [2.05, 4.69) is 22.2 Å². The number of nitrogens with zero attached hydrogens (tertiary/aromatic N) is 2. The van der Waals surface area contributed by atoms with Crippen LogP contribution < -0.4 is 5.32 Å². The van der Waals surface area contributed by atoms with Crippen LogP contribution in [0, 0.1) is 11.8 Å². The van der Waals surface area contributed by atoms with Crippen LogP contribution in [0.25, 0.3) is 0 Å². The fourth-order valence-corrected chi connectivity index (χ4v) is 4.02. The van der Waals surface area contributed by atoms with Crippen molar-refractivity contribution in [3.05, 3.63) is 0 Å².